The first-order chi connectivity index (χ1) is 17.4. The molecule has 0 saturated heterocycles. The molecule has 4 aliphatic carbocycles. The van der Waals surface area contributed by atoms with Gasteiger partial charge in [0, 0.05) is 18.2 Å². The third-order valence-electron chi connectivity index (χ3n) is 11.6. The lowest BCUT2D eigenvalue weighted by Crippen LogP contribution is -2.62. The van der Waals surface area contributed by atoms with Gasteiger partial charge < -0.3 is 20.6 Å². The van der Waals surface area contributed by atoms with E-state index in [1.54, 1.807) is 0 Å². The van der Waals surface area contributed by atoms with Gasteiger partial charge in [0.05, 0.1) is 18.3 Å². The average Bonchev–Trinajstić information content (AvgIpc) is 3.20. The number of amides is 1. The summed E-state index contributed by atoms with van der Waals surface area (Å²) < 4.78 is 26.7. The number of anilines is 1. The van der Waals surface area contributed by atoms with Crippen molar-refractivity contribution in [3.8, 4) is 0 Å². The molecule has 11 atom stereocenters. The van der Waals surface area contributed by atoms with Crippen molar-refractivity contribution < 1.29 is 28.9 Å². The van der Waals surface area contributed by atoms with Crippen LogP contribution in [0.25, 0.3) is 0 Å². The molecule has 1 aromatic carbocycles. The maximum absolute atomic E-state index is 13.5. The van der Waals surface area contributed by atoms with Crippen LogP contribution in [0.3, 0.4) is 0 Å². The highest BCUT2D eigenvalue weighted by Gasteiger charge is 2.65. The van der Waals surface area contributed by atoms with Crippen LogP contribution in [0.5, 0.6) is 0 Å². The molecule has 1 amide bonds. The number of nitrogens with one attached hydrogen (secondary N) is 1. The van der Waals surface area contributed by atoms with E-state index in [2.05, 4.69) is 26.1 Å². The normalized spacial score (nSPS) is 43.9. The second-order valence-electron chi connectivity index (χ2n) is 13.2. The molecule has 0 spiro atoms. The number of halogens is 2. The summed E-state index contributed by atoms with van der Waals surface area (Å²) in [6.07, 6.45) is 5.65. The molecule has 4 saturated carbocycles. The molecular weight excluding hydrogens is 476 g/mol. The van der Waals surface area contributed by atoms with Crippen LogP contribution < -0.4 is 5.32 Å². The van der Waals surface area contributed by atoms with Gasteiger partial charge >= 0.3 is 0 Å². The zero-order valence-corrected chi connectivity index (χ0v) is 22.3. The maximum Gasteiger partial charge on any atom is 0.224 e. The van der Waals surface area contributed by atoms with Gasteiger partial charge in [-0.2, -0.15) is 0 Å². The van der Waals surface area contributed by atoms with Crippen LogP contribution in [0.2, 0.25) is 0 Å². The lowest BCUT2D eigenvalue weighted by Gasteiger charge is -2.63. The van der Waals surface area contributed by atoms with Crippen LogP contribution in [0.15, 0.2) is 18.2 Å². The zero-order chi connectivity index (χ0) is 26.7. The number of benzene rings is 1. The zero-order valence-electron chi connectivity index (χ0n) is 22.3. The highest BCUT2D eigenvalue weighted by atomic mass is 19.2. The van der Waals surface area contributed by atoms with Gasteiger partial charge in [-0.05, 0) is 110 Å². The van der Waals surface area contributed by atoms with Crippen molar-refractivity contribution in [2.24, 2.45) is 46.3 Å². The summed E-state index contributed by atoms with van der Waals surface area (Å²) in [5, 5.41) is 36.0. The van der Waals surface area contributed by atoms with Gasteiger partial charge in [-0.3, -0.25) is 4.79 Å². The molecule has 0 heterocycles. The van der Waals surface area contributed by atoms with E-state index < -0.39 is 23.8 Å². The summed E-state index contributed by atoms with van der Waals surface area (Å²) in [5.74, 6) is -0.758. The minimum Gasteiger partial charge on any atom is -0.393 e. The Morgan fingerprint density at radius 3 is 2.54 bits per heavy atom. The molecule has 1 aromatic rings. The van der Waals surface area contributed by atoms with Gasteiger partial charge in [-0.15, -0.1) is 0 Å². The SMILES string of the molecule is C[C@H](CCC(=O)Nc1ccc(F)c(F)c1)[C@H]1CCC2C3C(C[C@H](O)[C@@]21C)[C@@]1(C)CC[C@@H](O)CC1C[C@H]3O. The Balaban J connectivity index is 1.27. The van der Waals surface area contributed by atoms with E-state index >= 15 is 0 Å². The molecule has 0 radical (unpaired) electrons. The number of hydrogen-bond donors (Lipinski definition) is 4. The Labute approximate surface area is 219 Å². The van der Waals surface area contributed by atoms with E-state index in [4.69, 9.17) is 0 Å². The smallest absolute Gasteiger partial charge is 0.224 e. The first kappa shape index (κ1) is 27.0. The summed E-state index contributed by atoms with van der Waals surface area (Å²) in [6.45, 7) is 6.70. The van der Waals surface area contributed by atoms with Crippen LogP contribution in [0.1, 0.15) is 78.6 Å². The summed E-state index contributed by atoms with van der Waals surface area (Å²) >= 11 is 0. The van der Waals surface area contributed by atoms with E-state index in [9.17, 15) is 28.9 Å². The standard InChI is InChI=1S/C30H43F2NO4/c1-16(4-9-27(37)33-18-5-8-23(31)24(32)14-18)20-6-7-21-28-22(15-26(36)30(20,21)3)29(2)11-10-19(34)12-17(29)13-25(28)35/h5,8,14,16-17,19-22,25-26,28,34-36H,4,6-7,9-13,15H2,1-3H3,(H,33,37)/t16-,17?,19-,20-,21?,22?,25-,26+,28?,29+,30-/m1/s1. The number of aliphatic hydroxyl groups excluding tert-OH is 3. The van der Waals surface area contributed by atoms with Gasteiger partial charge in [0.2, 0.25) is 5.91 Å². The van der Waals surface area contributed by atoms with Crippen molar-refractivity contribution in [1.29, 1.82) is 0 Å². The van der Waals surface area contributed by atoms with Crippen molar-refractivity contribution in [1.82, 2.24) is 0 Å². The van der Waals surface area contributed by atoms with Crippen molar-refractivity contribution in [3.05, 3.63) is 29.8 Å². The first-order valence-corrected chi connectivity index (χ1v) is 14.2. The molecule has 0 aliphatic heterocycles. The Kier molecular flexibility index (Phi) is 7.21. The minimum absolute atomic E-state index is 0.0487. The fourth-order valence-corrected chi connectivity index (χ4v) is 9.49. The van der Waals surface area contributed by atoms with Gasteiger partial charge in [-0.25, -0.2) is 8.78 Å². The number of carbonyl (C=O) groups excluding carboxylic acids is 1. The topological polar surface area (TPSA) is 89.8 Å². The molecule has 4 unspecified atom stereocenters. The number of carbonyl (C=O) groups is 1. The highest BCUT2D eigenvalue weighted by molar-refractivity contribution is 5.90. The van der Waals surface area contributed by atoms with Crippen LogP contribution in [0, 0.1) is 58.0 Å². The maximum atomic E-state index is 13.5. The number of hydrogen-bond acceptors (Lipinski definition) is 4. The molecule has 5 rings (SSSR count). The fraction of sp³-hybridized carbons (Fsp3) is 0.767. The van der Waals surface area contributed by atoms with Crippen molar-refractivity contribution in [2.45, 2.75) is 96.9 Å². The fourth-order valence-electron chi connectivity index (χ4n) is 9.49. The number of fused-ring (bicyclic) bond motifs is 5. The molecule has 5 nitrogen and oxygen atoms in total. The highest BCUT2D eigenvalue weighted by Crippen LogP contribution is 2.68. The molecule has 0 aromatic heterocycles. The van der Waals surface area contributed by atoms with Crippen molar-refractivity contribution >= 4 is 11.6 Å². The molecule has 206 valence electrons. The first-order valence-electron chi connectivity index (χ1n) is 14.2. The van der Waals surface area contributed by atoms with E-state index in [1.165, 1.54) is 6.07 Å². The molecule has 4 fully saturated rings. The Morgan fingerprint density at radius 1 is 1.05 bits per heavy atom. The molecule has 7 heteroatoms. The largest absolute Gasteiger partial charge is 0.393 e. The van der Waals surface area contributed by atoms with Crippen LogP contribution >= 0.6 is 0 Å². The third-order valence-corrected chi connectivity index (χ3v) is 11.6. The summed E-state index contributed by atoms with van der Waals surface area (Å²) in [7, 11) is 0. The monoisotopic (exact) mass is 519 g/mol. The van der Waals surface area contributed by atoms with E-state index in [1.807, 2.05) is 0 Å². The number of rotatable bonds is 5. The second-order valence-corrected chi connectivity index (χ2v) is 13.2. The van der Waals surface area contributed by atoms with E-state index in [-0.39, 0.29) is 64.5 Å². The van der Waals surface area contributed by atoms with Crippen LogP contribution in [-0.4, -0.2) is 39.5 Å². The summed E-state index contributed by atoms with van der Waals surface area (Å²) in [6, 6.07) is 3.34. The molecule has 37 heavy (non-hydrogen) atoms. The molecule has 4 aliphatic rings. The predicted molar refractivity (Wildman–Crippen MR) is 137 cm³/mol. The predicted octanol–water partition coefficient (Wildman–Crippen LogP) is 5.28. The lowest BCUT2D eigenvalue weighted by molar-refractivity contribution is -0.207. The molecule has 4 N–H and O–H groups in total. The summed E-state index contributed by atoms with van der Waals surface area (Å²) in [5.41, 5.74) is -0.0192. The third kappa shape index (κ3) is 4.53. The quantitative estimate of drug-likeness (QED) is 0.426. The van der Waals surface area contributed by atoms with E-state index in [0.29, 0.717) is 18.8 Å². The van der Waals surface area contributed by atoms with Gasteiger partial charge in [0.15, 0.2) is 11.6 Å². The van der Waals surface area contributed by atoms with Crippen LogP contribution in [0.4, 0.5) is 14.5 Å². The minimum atomic E-state index is -0.991. The second kappa shape index (κ2) is 9.87. The Morgan fingerprint density at radius 2 is 1.81 bits per heavy atom. The van der Waals surface area contributed by atoms with Gasteiger partial charge in [0.25, 0.3) is 0 Å². The summed E-state index contributed by atoms with van der Waals surface area (Å²) in [4.78, 5) is 12.6. The lowest BCUT2D eigenvalue weighted by atomic mass is 9.43. The Hall–Kier alpha value is -1.57. The van der Waals surface area contributed by atoms with Crippen molar-refractivity contribution in [3.63, 3.8) is 0 Å². The van der Waals surface area contributed by atoms with Crippen molar-refractivity contribution in [2.75, 3.05) is 5.32 Å². The molecule has 0 bridgehead atoms. The van der Waals surface area contributed by atoms with E-state index in [0.717, 1.165) is 50.7 Å². The van der Waals surface area contributed by atoms with Gasteiger partial charge in [-0.1, -0.05) is 20.8 Å². The average molecular weight is 520 g/mol. The van der Waals surface area contributed by atoms with Gasteiger partial charge in [0.1, 0.15) is 0 Å². The number of aliphatic hydroxyl groups is 3. The van der Waals surface area contributed by atoms with Crippen LogP contribution in [-0.2, 0) is 4.79 Å². The Bertz CT molecular complexity index is 1020. The molecular formula is C30H43F2NO4.